The Morgan fingerprint density at radius 3 is 2.48 bits per heavy atom. The molecule has 3 rings (SSSR count). The van der Waals surface area contributed by atoms with Crippen LogP contribution in [0.15, 0.2) is 36.4 Å². The molecule has 1 aliphatic rings. The number of nitrogens with zero attached hydrogens (tertiary/aromatic N) is 1. The number of hydrogen-bond donors (Lipinski definition) is 0. The normalized spacial score (nSPS) is 14.3. The standard InChI is InChI=1S/C21H23F2NO3/c1-15(25)6-7-16-12-18(22)21(19(23)13-16)27-14-17-4-2-3-5-20(17)24-8-10-26-11-9-24/h2-5,12-13H,6-11,14H2,1H3. The third-order valence-electron chi connectivity index (χ3n) is 4.54. The third kappa shape index (κ3) is 5.04. The van der Waals surface area contributed by atoms with Gasteiger partial charge >= 0.3 is 0 Å². The van der Waals surface area contributed by atoms with E-state index in [1.807, 2.05) is 24.3 Å². The summed E-state index contributed by atoms with van der Waals surface area (Å²) in [5.41, 5.74) is 2.29. The summed E-state index contributed by atoms with van der Waals surface area (Å²) in [4.78, 5) is 13.2. The molecule has 0 saturated carbocycles. The number of para-hydroxylation sites is 1. The Morgan fingerprint density at radius 1 is 1.15 bits per heavy atom. The second-order valence-electron chi connectivity index (χ2n) is 6.61. The molecular formula is C21H23F2NO3. The molecule has 0 aromatic heterocycles. The molecule has 1 heterocycles. The quantitative estimate of drug-likeness (QED) is 0.736. The molecule has 0 bridgehead atoms. The first-order valence-electron chi connectivity index (χ1n) is 9.05. The number of carbonyl (C=O) groups is 1. The number of ether oxygens (including phenoxy) is 2. The van der Waals surface area contributed by atoms with Gasteiger partial charge in [0.1, 0.15) is 12.4 Å². The molecule has 144 valence electrons. The molecule has 1 aliphatic heterocycles. The van der Waals surface area contributed by atoms with E-state index < -0.39 is 17.4 Å². The number of rotatable bonds is 7. The average molecular weight is 375 g/mol. The fraction of sp³-hybridized carbons (Fsp3) is 0.381. The van der Waals surface area contributed by atoms with Gasteiger partial charge in [-0.3, -0.25) is 0 Å². The highest BCUT2D eigenvalue weighted by Gasteiger charge is 2.17. The van der Waals surface area contributed by atoms with Crippen molar-refractivity contribution in [2.45, 2.75) is 26.4 Å². The number of aryl methyl sites for hydroxylation is 1. The molecule has 2 aromatic carbocycles. The molecule has 0 aliphatic carbocycles. The number of ketones is 1. The molecule has 2 aromatic rings. The number of anilines is 1. The maximum Gasteiger partial charge on any atom is 0.191 e. The topological polar surface area (TPSA) is 38.8 Å². The highest BCUT2D eigenvalue weighted by Crippen LogP contribution is 2.27. The minimum Gasteiger partial charge on any atom is -0.483 e. The van der Waals surface area contributed by atoms with Crippen LogP contribution in [0.2, 0.25) is 0 Å². The van der Waals surface area contributed by atoms with Crippen molar-refractivity contribution in [3.05, 3.63) is 59.2 Å². The summed E-state index contributed by atoms with van der Waals surface area (Å²) < 4.78 is 39.5. The number of halogens is 2. The maximum absolute atomic E-state index is 14.3. The molecule has 0 atom stereocenters. The molecule has 6 heteroatoms. The monoisotopic (exact) mass is 375 g/mol. The first kappa shape index (κ1) is 19.3. The highest BCUT2D eigenvalue weighted by molar-refractivity contribution is 5.75. The van der Waals surface area contributed by atoms with Gasteiger partial charge in [-0.2, -0.15) is 0 Å². The van der Waals surface area contributed by atoms with E-state index in [9.17, 15) is 13.6 Å². The van der Waals surface area contributed by atoms with Gasteiger partial charge in [-0.25, -0.2) is 8.78 Å². The van der Waals surface area contributed by atoms with Crippen LogP contribution in [0, 0.1) is 11.6 Å². The third-order valence-corrected chi connectivity index (χ3v) is 4.54. The summed E-state index contributed by atoms with van der Waals surface area (Å²) in [6.45, 7) is 4.36. The minimum atomic E-state index is -0.752. The molecule has 1 fully saturated rings. The molecular weight excluding hydrogens is 352 g/mol. The van der Waals surface area contributed by atoms with Crippen LogP contribution in [0.1, 0.15) is 24.5 Å². The zero-order valence-electron chi connectivity index (χ0n) is 15.3. The first-order chi connectivity index (χ1) is 13.0. The average Bonchev–Trinajstić information content (AvgIpc) is 2.67. The lowest BCUT2D eigenvalue weighted by atomic mass is 10.1. The van der Waals surface area contributed by atoms with Gasteiger partial charge in [-0.15, -0.1) is 0 Å². The van der Waals surface area contributed by atoms with E-state index in [1.54, 1.807) is 0 Å². The lowest BCUT2D eigenvalue weighted by Gasteiger charge is -2.30. The largest absolute Gasteiger partial charge is 0.483 e. The Bertz CT molecular complexity index is 781. The number of benzene rings is 2. The minimum absolute atomic E-state index is 0.0177. The van der Waals surface area contributed by atoms with E-state index in [2.05, 4.69) is 4.90 Å². The summed E-state index contributed by atoms with van der Waals surface area (Å²) in [6, 6.07) is 10.1. The summed E-state index contributed by atoms with van der Waals surface area (Å²) in [7, 11) is 0. The molecule has 0 radical (unpaired) electrons. The van der Waals surface area contributed by atoms with E-state index in [0.29, 0.717) is 25.2 Å². The van der Waals surface area contributed by atoms with Gasteiger partial charge in [0.25, 0.3) is 0 Å². The predicted octanol–water partition coefficient (Wildman–Crippen LogP) is 3.90. The first-order valence-corrected chi connectivity index (χ1v) is 9.05. The van der Waals surface area contributed by atoms with Crippen molar-refractivity contribution in [3.63, 3.8) is 0 Å². The SMILES string of the molecule is CC(=O)CCc1cc(F)c(OCc2ccccc2N2CCOCC2)c(F)c1. The number of hydrogen-bond acceptors (Lipinski definition) is 4. The summed E-state index contributed by atoms with van der Waals surface area (Å²) in [5.74, 6) is -1.91. The van der Waals surface area contributed by atoms with Crippen LogP contribution >= 0.6 is 0 Å². The van der Waals surface area contributed by atoms with Gasteiger partial charge in [-0.05, 0) is 37.1 Å². The van der Waals surface area contributed by atoms with Gasteiger partial charge in [0.2, 0.25) is 0 Å². The Morgan fingerprint density at radius 2 is 1.81 bits per heavy atom. The van der Waals surface area contributed by atoms with Gasteiger partial charge in [0, 0.05) is 30.8 Å². The van der Waals surface area contributed by atoms with E-state index in [1.165, 1.54) is 19.1 Å². The van der Waals surface area contributed by atoms with Crippen molar-refractivity contribution >= 4 is 11.5 Å². The van der Waals surface area contributed by atoms with Gasteiger partial charge in [-0.1, -0.05) is 18.2 Å². The summed E-state index contributed by atoms with van der Waals surface area (Å²) in [6.07, 6.45) is 0.565. The van der Waals surface area contributed by atoms with Crippen molar-refractivity contribution in [1.29, 1.82) is 0 Å². The van der Waals surface area contributed by atoms with Crippen molar-refractivity contribution in [1.82, 2.24) is 0 Å². The van der Waals surface area contributed by atoms with Crippen molar-refractivity contribution in [3.8, 4) is 5.75 Å². The zero-order chi connectivity index (χ0) is 19.2. The number of carbonyl (C=O) groups excluding carboxylic acids is 1. The fourth-order valence-corrected chi connectivity index (χ4v) is 3.11. The van der Waals surface area contributed by atoms with Crippen molar-refractivity contribution in [2.24, 2.45) is 0 Å². The van der Waals surface area contributed by atoms with E-state index in [0.717, 1.165) is 24.3 Å². The smallest absolute Gasteiger partial charge is 0.191 e. The van der Waals surface area contributed by atoms with Gasteiger partial charge in [0.05, 0.1) is 13.2 Å². The molecule has 1 saturated heterocycles. The van der Waals surface area contributed by atoms with Crippen LogP contribution < -0.4 is 9.64 Å². The van der Waals surface area contributed by atoms with E-state index in [4.69, 9.17) is 9.47 Å². The lowest BCUT2D eigenvalue weighted by Crippen LogP contribution is -2.36. The van der Waals surface area contributed by atoms with Crippen LogP contribution in [0.25, 0.3) is 0 Å². The predicted molar refractivity (Wildman–Crippen MR) is 99.2 cm³/mol. The van der Waals surface area contributed by atoms with Crippen LogP contribution in [-0.2, 0) is 22.6 Å². The summed E-state index contributed by atoms with van der Waals surface area (Å²) in [5, 5.41) is 0. The molecule has 4 nitrogen and oxygen atoms in total. The molecule has 0 amide bonds. The molecule has 27 heavy (non-hydrogen) atoms. The van der Waals surface area contributed by atoms with Gasteiger partial charge in [0.15, 0.2) is 17.4 Å². The molecule has 0 spiro atoms. The fourth-order valence-electron chi connectivity index (χ4n) is 3.11. The van der Waals surface area contributed by atoms with Crippen LogP contribution in [-0.4, -0.2) is 32.1 Å². The molecule has 0 N–H and O–H groups in total. The second-order valence-corrected chi connectivity index (χ2v) is 6.61. The van der Waals surface area contributed by atoms with Crippen molar-refractivity contribution in [2.75, 3.05) is 31.2 Å². The van der Waals surface area contributed by atoms with Crippen LogP contribution in [0.5, 0.6) is 5.75 Å². The van der Waals surface area contributed by atoms with Crippen molar-refractivity contribution < 1.29 is 23.0 Å². The van der Waals surface area contributed by atoms with Crippen LogP contribution in [0.3, 0.4) is 0 Å². The lowest BCUT2D eigenvalue weighted by molar-refractivity contribution is -0.116. The maximum atomic E-state index is 14.3. The van der Waals surface area contributed by atoms with Gasteiger partial charge < -0.3 is 19.2 Å². The molecule has 0 unspecified atom stereocenters. The number of morpholine rings is 1. The Labute approximate surface area is 157 Å². The summed E-state index contributed by atoms with van der Waals surface area (Å²) >= 11 is 0. The Hall–Kier alpha value is -2.47. The van der Waals surface area contributed by atoms with Crippen LogP contribution in [0.4, 0.5) is 14.5 Å². The van der Waals surface area contributed by atoms with E-state index in [-0.39, 0.29) is 18.8 Å². The zero-order valence-corrected chi connectivity index (χ0v) is 15.3. The van der Waals surface area contributed by atoms with E-state index >= 15 is 0 Å². The Balaban J connectivity index is 1.72. The highest BCUT2D eigenvalue weighted by atomic mass is 19.1. The number of Topliss-reactive ketones (excluding diaryl/α,β-unsaturated/α-hetero) is 1. The Kier molecular flexibility index (Phi) is 6.40. The second kappa shape index (κ2) is 8.95.